The van der Waals surface area contributed by atoms with Crippen LogP contribution in [-0.4, -0.2) is 60.2 Å². The van der Waals surface area contributed by atoms with Gasteiger partial charge in [0.2, 0.25) is 0 Å². The number of rotatable bonds is 4. The van der Waals surface area contributed by atoms with Gasteiger partial charge in [-0.1, -0.05) is 6.07 Å². The van der Waals surface area contributed by atoms with Gasteiger partial charge in [0.25, 0.3) is 5.91 Å². The molecular formula is C20H20N2O4S2. The van der Waals surface area contributed by atoms with Crippen LogP contribution in [0.2, 0.25) is 0 Å². The Labute approximate surface area is 171 Å². The van der Waals surface area contributed by atoms with Crippen molar-refractivity contribution in [2.24, 2.45) is 0 Å². The molecule has 0 spiro atoms. The van der Waals surface area contributed by atoms with Gasteiger partial charge < -0.3 is 14.5 Å². The highest BCUT2D eigenvalue weighted by Gasteiger charge is 2.36. The Bertz CT molecular complexity index is 937. The van der Waals surface area contributed by atoms with Crippen molar-refractivity contribution in [3.05, 3.63) is 49.9 Å². The summed E-state index contributed by atoms with van der Waals surface area (Å²) in [5.74, 6) is -0.724. The van der Waals surface area contributed by atoms with Gasteiger partial charge in [-0.25, -0.2) is 4.79 Å². The van der Waals surface area contributed by atoms with Gasteiger partial charge in [0.05, 0.1) is 17.2 Å². The number of carbonyl (C=O) groups is 3. The van der Waals surface area contributed by atoms with E-state index >= 15 is 0 Å². The van der Waals surface area contributed by atoms with Crippen LogP contribution < -0.4 is 0 Å². The molecule has 1 aliphatic heterocycles. The van der Waals surface area contributed by atoms with Crippen LogP contribution in [0.15, 0.2) is 33.8 Å². The predicted molar refractivity (Wildman–Crippen MR) is 108 cm³/mol. The Morgan fingerprint density at radius 1 is 1.18 bits per heavy atom. The highest BCUT2D eigenvalue weighted by atomic mass is 32.1. The van der Waals surface area contributed by atoms with E-state index < -0.39 is 5.97 Å². The number of hydrogen-bond donors (Lipinski definition) is 0. The van der Waals surface area contributed by atoms with E-state index in [1.807, 2.05) is 38.1 Å². The molecule has 0 saturated carbocycles. The molecule has 0 atom stereocenters. The summed E-state index contributed by atoms with van der Waals surface area (Å²) in [6.07, 6.45) is 0.229. The SMILES string of the molecule is CCOC(=O)C1=C(N2CCN(C(=O)c3cccs3)CC2)c2cscc2CC1=O. The monoisotopic (exact) mass is 416 g/mol. The van der Waals surface area contributed by atoms with Crippen molar-refractivity contribution in [3.63, 3.8) is 0 Å². The summed E-state index contributed by atoms with van der Waals surface area (Å²) in [6.45, 7) is 4.18. The lowest BCUT2D eigenvalue weighted by atomic mass is 9.90. The molecule has 1 amide bonds. The summed E-state index contributed by atoms with van der Waals surface area (Å²) in [5.41, 5.74) is 2.70. The van der Waals surface area contributed by atoms with Crippen molar-refractivity contribution in [2.75, 3.05) is 32.8 Å². The molecule has 8 heteroatoms. The fraction of sp³-hybridized carbons (Fsp3) is 0.350. The van der Waals surface area contributed by atoms with Gasteiger partial charge in [0.1, 0.15) is 5.57 Å². The summed E-state index contributed by atoms with van der Waals surface area (Å²) in [4.78, 5) is 42.4. The van der Waals surface area contributed by atoms with E-state index in [1.165, 1.54) is 22.7 Å². The first-order valence-electron chi connectivity index (χ1n) is 9.18. The Kier molecular flexibility index (Phi) is 5.32. The summed E-state index contributed by atoms with van der Waals surface area (Å²) in [5, 5.41) is 5.84. The maximum atomic E-state index is 12.7. The van der Waals surface area contributed by atoms with Crippen LogP contribution in [0.3, 0.4) is 0 Å². The van der Waals surface area contributed by atoms with Gasteiger partial charge in [0.15, 0.2) is 5.78 Å². The Balaban J connectivity index is 1.61. The zero-order valence-corrected chi connectivity index (χ0v) is 17.1. The minimum absolute atomic E-state index is 0.0326. The van der Waals surface area contributed by atoms with Crippen LogP contribution in [0.25, 0.3) is 5.70 Å². The third kappa shape index (κ3) is 3.38. The molecule has 0 radical (unpaired) electrons. The molecule has 2 aliphatic rings. The molecule has 28 heavy (non-hydrogen) atoms. The number of ketones is 1. The van der Waals surface area contributed by atoms with Crippen molar-refractivity contribution >= 4 is 46.0 Å². The number of esters is 1. The van der Waals surface area contributed by atoms with Crippen molar-refractivity contribution < 1.29 is 19.1 Å². The van der Waals surface area contributed by atoms with Crippen LogP contribution in [0.1, 0.15) is 27.7 Å². The van der Waals surface area contributed by atoms with E-state index in [2.05, 4.69) is 0 Å². The molecule has 0 N–H and O–H groups in total. The first kappa shape index (κ1) is 18.9. The third-order valence-electron chi connectivity index (χ3n) is 4.96. The number of ether oxygens (including phenoxy) is 1. The molecule has 0 aromatic carbocycles. The van der Waals surface area contributed by atoms with E-state index in [4.69, 9.17) is 4.74 Å². The fourth-order valence-electron chi connectivity index (χ4n) is 3.63. The van der Waals surface area contributed by atoms with Crippen LogP contribution in [0.4, 0.5) is 0 Å². The van der Waals surface area contributed by atoms with Gasteiger partial charge in [0, 0.05) is 43.5 Å². The first-order valence-corrected chi connectivity index (χ1v) is 11.0. The smallest absolute Gasteiger partial charge is 0.343 e. The molecule has 1 saturated heterocycles. The van der Waals surface area contributed by atoms with E-state index in [0.29, 0.717) is 31.9 Å². The Hall–Kier alpha value is -2.45. The summed E-state index contributed by atoms with van der Waals surface area (Å²) < 4.78 is 5.17. The fourth-order valence-corrected chi connectivity index (χ4v) is 5.16. The number of piperazine rings is 1. The van der Waals surface area contributed by atoms with E-state index in [-0.39, 0.29) is 30.3 Å². The minimum atomic E-state index is -0.559. The summed E-state index contributed by atoms with van der Waals surface area (Å²) in [7, 11) is 0. The normalized spacial score (nSPS) is 17.0. The third-order valence-corrected chi connectivity index (χ3v) is 6.61. The number of nitrogens with zero attached hydrogens (tertiary/aromatic N) is 2. The van der Waals surface area contributed by atoms with Crippen molar-refractivity contribution in [1.82, 2.24) is 9.80 Å². The molecule has 2 aromatic rings. The molecule has 1 fully saturated rings. The highest BCUT2D eigenvalue weighted by Crippen LogP contribution is 2.35. The Morgan fingerprint density at radius 3 is 2.64 bits per heavy atom. The van der Waals surface area contributed by atoms with Gasteiger partial charge in [-0.15, -0.1) is 11.3 Å². The largest absolute Gasteiger partial charge is 0.462 e. The molecule has 1 aliphatic carbocycles. The van der Waals surface area contributed by atoms with Crippen molar-refractivity contribution in [3.8, 4) is 0 Å². The lowest BCUT2D eigenvalue weighted by Crippen LogP contribution is -2.48. The molecule has 2 aromatic heterocycles. The quantitative estimate of drug-likeness (QED) is 0.566. The van der Waals surface area contributed by atoms with E-state index in [1.54, 1.807) is 6.92 Å². The average Bonchev–Trinajstić information content (AvgIpc) is 3.38. The summed E-state index contributed by atoms with van der Waals surface area (Å²) in [6, 6.07) is 3.70. The van der Waals surface area contributed by atoms with Gasteiger partial charge in [-0.2, -0.15) is 11.3 Å². The van der Waals surface area contributed by atoms with E-state index in [9.17, 15) is 14.4 Å². The predicted octanol–water partition coefficient (Wildman–Crippen LogP) is 2.67. The van der Waals surface area contributed by atoms with Crippen LogP contribution in [0, 0.1) is 0 Å². The standard InChI is InChI=1S/C20H20N2O4S2/c1-2-26-20(25)17-15(23)10-13-11-27-12-14(13)18(17)21-5-7-22(8-6-21)19(24)16-4-3-9-28-16/h3-4,9,11-12H,2,5-8,10H2,1H3. The number of hydrogen-bond acceptors (Lipinski definition) is 7. The number of fused-ring (bicyclic) bond motifs is 1. The molecular weight excluding hydrogens is 396 g/mol. The zero-order chi connectivity index (χ0) is 19.7. The average molecular weight is 417 g/mol. The topological polar surface area (TPSA) is 66.9 Å². The maximum Gasteiger partial charge on any atom is 0.343 e. The number of amides is 1. The van der Waals surface area contributed by atoms with Crippen LogP contribution in [-0.2, 0) is 20.7 Å². The highest BCUT2D eigenvalue weighted by molar-refractivity contribution is 7.12. The molecule has 0 bridgehead atoms. The molecule has 6 nitrogen and oxygen atoms in total. The van der Waals surface area contributed by atoms with Gasteiger partial charge in [-0.05, 0) is 29.3 Å². The van der Waals surface area contributed by atoms with Crippen molar-refractivity contribution in [2.45, 2.75) is 13.3 Å². The van der Waals surface area contributed by atoms with Gasteiger partial charge >= 0.3 is 5.97 Å². The van der Waals surface area contributed by atoms with Gasteiger partial charge in [-0.3, -0.25) is 9.59 Å². The van der Waals surface area contributed by atoms with Crippen molar-refractivity contribution in [1.29, 1.82) is 0 Å². The molecule has 146 valence electrons. The second-order valence-corrected chi connectivity index (χ2v) is 8.30. The lowest BCUT2D eigenvalue weighted by Gasteiger charge is -2.38. The van der Waals surface area contributed by atoms with Crippen LogP contribution in [0.5, 0.6) is 0 Å². The zero-order valence-electron chi connectivity index (χ0n) is 15.5. The Morgan fingerprint density at radius 2 is 1.96 bits per heavy atom. The second-order valence-electron chi connectivity index (χ2n) is 6.61. The van der Waals surface area contributed by atoms with E-state index in [0.717, 1.165) is 16.0 Å². The number of carbonyl (C=O) groups excluding carboxylic acids is 3. The molecule has 3 heterocycles. The number of thiophene rings is 2. The first-order chi connectivity index (χ1) is 13.6. The summed E-state index contributed by atoms with van der Waals surface area (Å²) >= 11 is 2.96. The second kappa shape index (κ2) is 7.89. The lowest BCUT2D eigenvalue weighted by molar-refractivity contribution is -0.140. The van der Waals surface area contributed by atoms with Crippen LogP contribution >= 0.6 is 22.7 Å². The number of Topliss-reactive ketones (excluding diaryl/α,β-unsaturated/α-hetero) is 1. The molecule has 4 rings (SSSR count). The maximum absolute atomic E-state index is 12.7. The minimum Gasteiger partial charge on any atom is -0.462 e. The molecule has 0 unspecified atom stereocenters.